The molecule has 1 aromatic carbocycles. The van der Waals surface area contributed by atoms with Gasteiger partial charge >= 0.3 is 0 Å². The van der Waals surface area contributed by atoms with E-state index >= 15 is 0 Å². The topological polar surface area (TPSA) is 90.2 Å². The van der Waals surface area contributed by atoms with Gasteiger partial charge in [-0.3, -0.25) is 9.69 Å². The standard InChI is InChI=1S/C12H15NO5/c14-7-9-5-8(10(15)12(17)11(9)16)6-13-1-3-18-4-2-13/h5,7,15-17H,1-4,6H2. The number of phenols is 3. The molecule has 0 bridgehead atoms. The minimum absolute atomic E-state index is 0.0337. The molecule has 0 atom stereocenters. The molecule has 18 heavy (non-hydrogen) atoms. The molecule has 98 valence electrons. The van der Waals surface area contributed by atoms with Crippen LogP contribution in [-0.4, -0.2) is 52.8 Å². The van der Waals surface area contributed by atoms with Gasteiger partial charge in [0.15, 0.2) is 17.8 Å². The van der Waals surface area contributed by atoms with Crippen molar-refractivity contribution in [3.8, 4) is 17.2 Å². The quantitative estimate of drug-likeness (QED) is 0.535. The summed E-state index contributed by atoms with van der Waals surface area (Å²) in [6.45, 7) is 3.07. The smallest absolute Gasteiger partial charge is 0.201 e. The van der Waals surface area contributed by atoms with Crippen molar-refractivity contribution < 1.29 is 24.9 Å². The van der Waals surface area contributed by atoms with Gasteiger partial charge in [-0.25, -0.2) is 0 Å². The first-order valence-electron chi connectivity index (χ1n) is 5.65. The second-order valence-electron chi connectivity index (χ2n) is 4.18. The number of aldehydes is 1. The number of ether oxygens (including phenoxy) is 1. The van der Waals surface area contributed by atoms with Crippen LogP contribution in [0.3, 0.4) is 0 Å². The number of benzene rings is 1. The number of aromatic hydroxyl groups is 3. The number of hydrogen-bond acceptors (Lipinski definition) is 6. The van der Waals surface area contributed by atoms with Crippen LogP contribution in [0.1, 0.15) is 15.9 Å². The molecular weight excluding hydrogens is 238 g/mol. The summed E-state index contributed by atoms with van der Waals surface area (Å²) in [7, 11) is 0. The SMILES string of the molecule is O=Cc1cc(CN2CCOCC2)c(O)c(O)c1O. The molecule has 0 unspecified atom stereocenters. The number of hydrogen-bond donors (Lipinski definition) is 3. The third-order valence-corrected chi connectivity index (χ3v) is 2.98. The number of morpholine rings is 1. The molecule has 3 N–H and O–H groups in total. The Balaban J connectivity index is 2.26. The zero-order chi connectivity index (χ0) is 13.1. The maximum Gasteiger partial charge on any atom is 0.201 e. The Labute approximate surface area is 104 Å². The maximum atomic E-state index is 10.7. The van der Waals surface area contributed by atoms with Crippen LogP contribution < -0.4 is 0 Å². The van der Waals surface area contributed by atoms with Gasteiger partial charge in [0.25, 0.3) is 0 Å². The van der Waals surface area contributed by atoms with Gasteiger partial charge in [-0.2, -0.15) is 0 Å². The van der Waals surface area contributed by atoms with E-state index in [1.165, 1.54) is 6.07 Å². The van der Waals surface area contributed by atoms with Gasteiger partial charge in [0.1, 0.15) is 0 Å². The monoisotopic (exact) mass is 253 g/mol. The van der Waals surface area contributed by atoms with Crippen molar-refractivity contribution in [1.82, 2.24) is 4.90 Å². The first-order chi connectivity index (χ1) is 8.63. The Bertz CT molecular complexity index is 454. The molecular formula is C12H15NO5. The molecule has 2 rings (SSSR count). The first-order valence-corrected chi connectivity index (χ1v) is 5.65. The zero-order valence-corrected chi connectivity index (χ0v) is 9.80. The second-order valence-corrected chi connectivity index (χ2v) is 4.18. The molecule has 6 nitrogen and oxygen atoms in total. The highest BCUT2D eigenvalue weighted by molar-refractivity contribution is 5.82. The summed E-state index contributed by atoms with van der Waals surface area (Å²) in [5, 5.41) is 28.7. The lowest BCUT2D eigenvalue weighted by molar-refractivity contribution is 0.0338. The van der Waals surface area contributed by atoms with Gasteiger partial charge in [-0.15, -0.1) is 0 Å². The van der Waals surface area contributed by atoms with Crippen molar-refractivity contribution in [2.24, 2.45) is 0 Å². The van der Waals surface area contributed by atoms with Crippen molar-refractivity contribution in [1.29, 1.82) is 0 Å². The third kappa shape index (κ3) is 2.39. The molecule has 1 aliphatic rings. The highest BCUT2D eigenvalue weighted by atomic mass is 16.5. The summed E-state index contributed by atoms with van der Waals surface area (Å²) < 4.78 is 5.21. The highest BCUT2D eigenvalue weighted by Gasteiger charge is 2.19. The first kappa shape index (κ1) is 12.7. The van der Waals surface area contributed by atoms with Crippen LogP contribution in [0.2, 0.25) is 0 Å². The van der Waals surface area contributed by atoms with Crippen LogP contribution in [-0.2, 0) is 11.3 Å². The minimum Gasteiger partial charge on any atom is -0.504 e. The molecule has 0 saturated carbocycles. The highest BCUT2D eigenvalue weighted by Crippen LogP contribution is 2.40. The van der Waals surface area contributed by atoms with Crippen molar-refractivity contribution in [3.05, 3.63) is 17.2 Å². The Morgan fingerprint density at radius 3 is 2.44 bits per heavy atom. The summed E-state index contributed by atoms with van der Waals surface area (Å²) >= 11 is 0. The van der Waals surface area contributed by atoms with E-state index in [1.807, 2.05) is 4.90 Å². The van der Waals surface area contributed by atoms with Gasteiger partial charge in [-0.1, -0.05) is 0 Å². The van der Waals surface area contributed by atoms with E-state index in [0.717, 1.165) is 13.1 Å². The summed E-state index contributed by atoms with van der Waals surface area (Å²) in [5.74, 6) is -1.62. The normalized spacial score (nSPS) is 16.7. The molecule has 1 fully saturated rings. The van der Waals surface area contributed by atoms with Crippen molar-refractivity contribution >= 4 is 6.29 Å². The Morgan fingerprint density at radius 1 is 1.17 bits per heavy atom. The largest absolute Gasteiger partial charge is 0.504 e. The van der Waals surface area contributed by atoms with Crippen LogP contribution in [0.4, 0.5) is 0 Å². The fraction of sp³-hybridized carbons (Fsp3) is 0.417. The molecule has 0 aliphatic carbocycles. The van der Waals surface area contributed by atoms with Crippen molar-refractivity contribution in [2.45, 2.75) is 6.54 Å². The van der Waals surface area contributed by atoms with Gasteiger partial charge in [0, 0.05) is 25.2 Å². The lowest BCUT2D eigenvalue weighted by atomic mass is 10.1. The Hall–Kier alpha value is -1.79. The van der Waals surface area contributed by atoms with Crippen molar-refractivity contribution in [2.75, 3.05) is 26.3 Å². The molecule has 0 spiro atoms. The molecule has 0 radical (unpaired) electrons. The Morgan fingerprint density at radius 2 is 1.83 bits per heavy atom. The van der Waals surface area contributed by atoms with Crippen LogP contribution >= 0.6 is 0 Å². The summed E-state index contributed by atoms with van der Waals surface area (Å²) in [6.07, 6.45) is 0.442. The molecule has 6 heteroatoms. The molecule has 0 aromatic heterocycles. The molecule has 1 aromatic rings. The third-order valence-electron chi connectivity index (χ3n) is 2.98. The van der Waals surface area contributed by atoms with E-state index in [0.29, 0.717) is 31.6 Å². The molecule has 1 heterocycles. The summed E-state index contributed by atoms with van der Waals surface area (Å²) in [6, 6.07) is 1.38. The minimum atomic E-state index is -0.650. The second kappa shape index (κ2) is 5.24. The number of nitrogens with zero attached hydrogens (tertiary/aromatic N) is 1. The van der Waals surface area contributed by atoms with E-state index in [2.05, 4.69) is 0 Å². The van der Waals surface area contributed by atoms with Crippen LogP contribution in [0.25, 0.3) is 0 Å². The lowest BCUT2D eigenvalue weighted by Gasteiger charge is -2.27. The Kier molecular flexibility index (Phi) is 3.69. The summed E-state index contributed by atoms with van der Waals surface area (Å²) in [4.78, 5) is 12.8. The number of rotatable bonds is 3. The van der Waals surface area contributed by atoms with Gasteiger partial charge < -0.3 is 20.1 Å². The molecule has 1 aliphatic heterocycles. The van der Waals surface area contributed by atoms with E-state index < -0.39 is 11.5 Å². The zero-order valence-electron chi connectivity index (χ0n) is 9.80. The number of carbonyl (C=O) groups is 1. The molecule has 1 saturated heterocycles. The van der Waals surface area contributed by atoms with Crippen LogP contribution in [0.15, 0.2) is 6.07 Å². The lowest BCUT2D eigenvalue weighted by Crippen LogP contribution is -2.35. The number of phenolic OH excluding ortho intramolecular Hbond substituents is 3. The van der Waals surface area contributed by atoms with Crippen LogP contribution in [0.5, 0.6) is 17.2 Å². The molecule has 0 amide bonds. The summed E-state index contributed by atoms with van der Waals surface area (Å²) in [5.41, 5.74) is 0.378. The average molecular weight is 253 g/mol. The van der Waals surface area contributed by atoms with E-state index in [9.17, 15) is 20.1 Å². The van der Waals surface area contributed by atoms with Gasteiger partial charge in [0.05, 0.1) is 18.8 Å². The van der Waals surface area contributed by atoms with Crippen molar-refractivity contribution in [3.63, 3.8) is 0 Å². The van der Waals surface area contributed by atoms with Gasteiger partial charge in [0.2, 0.25) is 5.75 Å². The van der Waals surface area contributed by atoms with Gasteiger partial charge in [-0.05, 0) is 6.07 Å². The predicted molar refractivity (Wildman–Crippen MR) is 62.9 cm³/mol. The fourth-order valence-corrected chi connectivity index (χ4v) is 1.94. The average Bonchev–Trinajstić information content (AvgIpc) is 2.40. The number of carbonyl (C=O) groups excluding carboxylic acids is 1. The van der Waals surface area contributed by atoms with Crippen LogP contribution in [0, 0.1) is 0 Å². The maximum absolute atomic E-state index is 10.7. The van der Waals surface area contributed by atoms with E-state index in [-0.39, 0.29) is 11.3 Å². The van der Waals surface area contributed by atoms with E-state index in [1.54, 1.807) is 0 Å². The predicted octanol–water partition coefficient (Wildman–Crippen LogP) is 0.448. The fourth-order valence-electron chi connectivity index (χ4n) is 1.94. The van der Waals surface area contributed by atoms with E-state index in [4.69, 9.17) is 4.74 Å².